The number of aliphatic carboxylic acids is 1. The van der Waals surface area contributed by atoms with Crippen LogP contribution in [0.5, 0.6) is 0 Å². The molecule has 16 heavy (non-hydrogen) atoms. The van der Waals surface area contributed by atoms with Crippen LogP contribution < -0.4 is 5.73 Å². The second-order valence-electron chi connectivity index (χ2n) is 3.79. The number of nitrogens with two attached hydrogens (primary N) is 1. The van der Waals surface area contributed by atoms with Crippen LogP contribution in [0.2, 0.25) is 0 Å². The number of rotatable bonds is 6. The van der Waals surface area contributed by atoms with Gasteiger partial charge in [-0.15, -0.1) is 0 Å². The second-order valence-corrected chi connectivity index (χ2v) is 3.79. The Hall–Kier alpha value is -1.39. The van der Waals surface area contributed by atoms with Gasteiger partial charge < -0.3 is 15.6 Å². The minimum atomic E-state index is -0.991. The normalized spacial score (nSPS) is 14.4. The molecule has 2 atom stereocenters. The minimum absolute atomic E-state index is 0.161. The Kier molecular flexibility index (Phi) is 4.95. The monoisotopic (exact) mass is 223 g/mol. The number of carboxylic acid groups (broad SMARTS) is 1. The molecule has 4 nitrogen and oxygen atoms in total. The Balaban J connectivity index is 2.30. The van der Waals surface area contributed by atoms with Crippen LogP contribution in [0.15, 0.2) is 30.3 Å². The van der Waals surface area contributed by atoms with E-state index in [1.807, 2.05) is 37.3 Å². The van der Waals surface area contributed by atoms with Gasteiger partial charge in [-0.05, 0) is 18.9 Å². The summed E-state index contributed by atoms with van der Waals surface area (Å²) in [6.07, 6.45) is 0.161. The van der Waals surface area contributed by atoms with E-state index in [0.717, 1.165) is 5.56 Å². The number of benzene rings is 1. The highest BCUT2D eigenvalue weighted by molar-refractivity contribution is 5.73. The van der Waals surface area contributed by atoms with E-state index in [4.69, 9.17) is 15.6 Å². The molecule has 0 spiro atoms. The summed E-state index contributed by atoms with van der Waals surface area (Å²) in [5.41, 5.74) is 6.47. The van der Waals surface area contributed by atoms with E-state index < -0.39 is 12.0 Å². The van der Waals surface area contributed by atoms with Gasteiger partial charge in [0.05, 0.1) is 12.7 Å². The van der Waals surface area contributed by atoms with Crippen molar-refractivity contribution in [2.45, 2.75) is 32.1 Å². The maximum atomic E-state index is 10.5. The molecule has 4 heteroatoms. The highest BCUT2D eigenvalue weighted by Crippen LogP contribution is 2.06. The lowest BCUT2D eigenvalue weighted by Crippen LogP contribution is -2.33. The van der Waals surface area contributed by atoms with E-state index in [1.54, 1.807) is 0 Å². The first-order chi connectivity index (χ1) is 7.59. The van der Waals surface area contributed by atoms with Crippen LogP contribution >= 0.6 is 0 Å². The molecule has 0 fully saturated rings. The molecule has 0 aliphatic carbocycles. The molecule has 0 saturated heterocycles. The van der Waals surface area contributed by atoms with Gasteiger partial charge in [-0.2, -0.15) is 0 Å². The lowest BCUT2D eigenvalue weighted by molar-refractivity contribution is -0.139. The third-order valence-corrected chi connectivity index (χ3v) is 2.28. The van der Waals surface area contributed by atoms with Crippen LogP contribution in [0.25, 0.3) is 0 Å². The van der Waals surface area contributed by atoms with Crippen molar-refractivity contribution < 1.29 is 14.6 Å². The molecule has 1 unspecified atom stereocenters. The Labute approximate surface area is 95.0 Å². The molecule has 0 aliphatic heterocycles. The fourth-order valence-electron chi connectivity index (χ4n) is 1.34. The first-order valence-electron chi connectivity index (χ1n) is 5.23. The molecule has 0 radical (unpaired) electrons. The molecule has 1 rings (SSSR count). The Morgan fingerprint density at radius 3 is 2.62 bits per heavy atom. The lowest BCUT2D eigenvalue weighted by atomic mass is 10.1. The predicted molar refractivity (Wildman–Crippen MR) is 60.9 cm³/mol. The van der Waals surface area contributed by atoms with Gasteiger partial charge in [0.1, 0.15) is 6.04 Å². The summed E-state index contributed by atoms with van der Waals surface area (Å²) in [7, 11) is 0. The number of carboxylic acids is 1. The van der Waals surface area contributed by atoms with E-state index in [0.29, 0.717) is 13.0 Å². The van der Waals surface area contributed by atoms with Crippen LogP contribution in [0.1, 0.15) is 18.9 Å². The van der Waals surface area contributed by atoms with E-state index in [2.05, 4.69) is 0 Å². The summed E-state index contributed by atoms with van der Waals surface area (Å²) < 4.78 is 5.51. The molecule has 0 saturated carbocycles. The fourth-order valence-corrected chi connectivity index (χ4v) is 1.34. The zero-order valence-corrected chi connectivity index (χ0v) is 9.30. The standard InChI is InChI=1S/C12H17NO3/c1-9(7-11(13)12(14)15)16-8-10-5-3-2-4-6-10/h2-6,9,11H,7-8,13H2,1H3,(H,14,15)/t9-,11?/m0/s1. The van der Waals surface area contributed by atoms with Gasteiger partial charge in [0.25, 0.3) is 0 Å². The van der Waals surface area contributed by atoms with E-state index in [-0.39, 0.29) is 6.10 Å². The Bertz CT molecular complexity index is 326. The van der Waals surface area contributed by atoms with Crippen LogP contribution in [-0.4, -0.2) is 23.2 Å². The molecule has 1 aromatic carbocycles. The van der Waals surface area contributed by atoms with Crippen molar-refractivity contribution in [3.8, 4) is 0 Å². The highest BCUT2D eigenvalue weighted by Gasteiger charge is 2.15. The maximum absolute atomic E-state index is 10.5. The van der Waals surface area contributed by atoms with Gasteiger partial charge >= 0.3 is 5.97 Å². The van der Waals surface area contributed by atoms with Gasteiger partial charge in [-0.1, -0.05) is 30.3 Å². The average molecular weight is 223 g/mol. The van der Waals surface area contributed by atoms with Gasteiger partial charge in [0, 0.05) is 0 Å². The molecule has 0 heterocycles. The summed E-state index contributed by atoms with van der Waals surface area (Å²) in [5.74, 6) is -0.991. The first kappa shape index (κ1) is 12.7. The zero-order chi connectivity index (χ0) is 12.0. The molecule has 0 aliphatic rings. The second kappa shape index (κ2) is 6.25. The third-order valence-electron chi connectivity index (χ3n) is 2.28. The average Bonchev–Trinajstić information content (AvgIpc) is 2.27. The first-order valence-corrected chi connectivity index (χ1v) is 5.23. The van der Waals surface area contributed by atoms with Crippen molar-refractivity contribution >= 4 is 5.97 Å². The molecule has 1 aromatic rings. The SMILES string of the molecule is C[C@@H](CC(N)C(=O)O)OCc1ccccc1. The van der Waals surface area contributed by atoms with Crippen LogP contribution in [-0.2, 0) is 16.1 Å². The lowest BCUT2D eigenvalue weighted by Gasteiger charge is -2.15. The minimum Gasteiger partial charge on any atom is -0.480 e. The summed E-state index contributed by atoms with van der Waals surface area (Å²) in [6, 6.07) is 8.88. The van der Waals surface area contributed by atoms with Gasteiger partial charge in [0.15, 0.2) is 0 Å². The number of carbonyl (C=O) groups is 1. The Morgan fingerprint density at radius 1 is 1.44 bits per heavy atom. The van der Waals surface area contributed by atoms with Gasteiger partial charge in [-0.25, -0.2) is 0 Å². The van der Waals surface area contributed by atoms with Crippen molar-refractivity contribution in [2.75, 3.05) is 0 Å². The van der Waals surface area contributed by atoms with Crippen molar-refractivity contribution in [3.63, 3.8) is 0 Å². The summed E-state index contributed by atoms with van der Waals surface area (Å²) >= 11 is 0. The molecular formula is C12H17NO3. The topological polar surface area (TPSA) is 72.6 Å². The quantitative estimate of drug-likeness (QED) is 0.764. The van der Waals surface area contributed by atoms with Crippen LogP contribution in [0, 0.1) is 0 Å². The van der Waals surface area contributed by atoms with Crippen molar-refractivity contribution in [1.29, 1.82) is 0 Å². The maximum Gasteiger partial charge on any atom is 0.320 e. The summed E-state index contributed by atoms with van der Waals surface area (Å²) in [4.78, 5) is 10.5. The van der Waals surface area contributed by atoms with Crippen LogP contribution in [0.3, 0.4) is 0 Å². The molecular weight excluding hydrogens is 206 g/mol. The van der Waals surface area contributed by atoms with Gasteiger partial charge in [-0.3, -0.25) is 4.79 Å². The predicted octanol–water partition coefficient (Wildman–Crippen LogP) is 1.39. The molecule has 88 valence electrons. The summed E-state index contributed by atoms with van der Waals surface area (Å²) in [6.45, 7) is 2.31. The van der Waals surface area contributed by atoms with Gasteiger partial charge in [0.2, 0.25) is 0 Å². The fraction of sp³-hybridized carbons (Fsp3) is 0.417. The van der Waals surface area contributed by atoms with Crippen molar-refractivity contribution in [1.82, 2.24) is 0 Å². The third kappa shape index (κ3) is 4.42. The van der Waals surface area contributed by atoms with E-state index in [1.165, 1.54) is 0 Å². The number of hydrogen-bond acceptors (Lipinski definition) is 3. The number of hydrogen-bond donors (Lipinski definition) is 2. The molecule has 0 aromatic heterocycles. The van der Waals surface area contributed by atoms with Crippen LogP contribution in [0.4, 0.5) is 0 Å². The largest absolute Gasteiger partial charge is 0.480 e. The highest BCUT2D eigenvalue weighted by atomic mass is 16.5. The Morgan fingerprint density at radius 2 is 2.06 bits per heavy atom. The molecule has 3 N–H and O–H groups in total. The van der Waals surface area contributed by atoms with E-state index >= 15 is 0 Å². The molecule has 0 bridgehead atoms. The smallest absolute Gasteiger partial charge is 0.320 e. The summed E-state index contributed by atoms with van der Waals surface area (Å²) in [5, 5.41) is 8.64. The molecule has 0 amide bonds. The van der Waals surface area contributed by atoms with Crippen molar-refractivity contribution in [2.24, 2.45) is 5.73 Å². The van der Waals surface area contributed by atoms with Crippen molar-refractivity contribution in [3.05, 3.63) is 35.9 Å². The zero-order valence-electron chi connectivity index (χ0n) is 9.30. The number of ether oxygens (including phenoxy) is 1. The van der Waals surface area contributed by atoms with E-state index in [9.17, 15) is 4.79 Å².